The third kappa shape index (κ3) is 2.98. The molecule has 104 valence electrons. The van der Waals surface area contributed by atoms with Gasteiger partial charge in [0.05, 0.1) is 0 Å². The van der Waals surface area contributed by atoms with Crippen LogP contribution in [0.25, 0.3) is 0 Å². The van der Waals surface area contributed by atoms with Gasteiger partial charge >= 0.3 is 0 Å². The van der Waals surface area contributed by atoms with Gasteiger partial charge in [0.15, 0.2) is 0 Å². The highest BCUT2D eigenvalue weighted by Gasteiger charge is 2.34. The first kappa shape index (κ1) is 13.5. The summed E-state index contributed by atoms with van der Waals surface area (Å²) < 4.78 is 0. The van der Waals surface area contributed by atoms with Crippen molar-refractivity contribution in [2.24, 2.45) is 5.92 Å². The zero-order valence-electron chi connectivity index (χ0n) is 11.7. The van der Waals surface area contributed by atoms with Crippen molar-refractivity contribution in [3.8, 4) is 0 Å². The van der Waals surface area contributed by atoms with Gasteiger partial charge < -0.3 is 5.32 Å². The molecule has 0 bridgehead atoms. The molecule has 2 fully saturated rings. The SMILES string of the molecule is CC1CCCCC1NC1CC(c2ccccc2Cl)C1. The van der Waals surface area contributed by atoms with Gasteiger partial charge in [-0.25, -0.2) is 0 Å². The molecule has 2 aliphatic carbocycles. The smallest absolute Gasteiger partial charge is 0.0440 e. The average Bonchev–Trinajstić information content (AvgIpc) is 2.37. The molecule has 0 aliphatic heterocycles. The van der Waals surface area contributed by atoms with Crippen molar-refractivity contribution < 1.29 is 0 Å². The van der Waals surface area contributed by atoms with E-state index >= 15 is 0 Å². The Hall–Kier alpha value is -0.530. The molecule has 1 aromatic carbocycles. The number of hydrogen-bond donors (Lipinski definition) is 1. The Kier molecular flexibility index (Phi) is 4.14. The second-order valence-electron chi connectivity index (χ2n) is 6.42. The highest BCUT2D eigenvalue weighted by atomic mass is 35.5. The fourth-order valence-corrected chi connectivity index (χ4v) is 3.97. The summed E-state index contributed by atoms with van der Waals surface area (Å²) in [7, 11) is 0. The Morgan fingerprint density at radius 2 is 1.84 bits per heavy atom. The predicted octanol–water partition coefficient (Wildman–Crippen LogP) is 4.75. The molecule has 0 aromatic heterocycles. The number of benzene rings is 1. The van der Waals surface area contributed by atoms with Gasteiger partial charge in [-0.3, -0.25) is 0 Å². The molecule has 0 radical (unpaired) electrons. The maximum Gasteiger partial charge on any atom is 0.0440 e. The lowest BCUT2D eigenvalue weighted by molar-refractivity contribution is 0.201. The summed E-state index contributed by atoms with van der Waals surface area (Å²) in [6.45, 7) is 2.40. The van der Waals surface area contributed by atoms with Crippen LogP contribution in [0.4, 0.5) is 0 Å². The minimum absolute atomic E-state index is 0.671. The van der Waals surface area contributed by atoms with Crippen LogP contribution in [0.1, 0.15) is 56.9 Å². The molecule has 2 unspecified atom stereocenters. The molecule has 0 spiro atoms. The molecule has 0 saturated heterocycles. The van der Waals surface area contributed by atoms with E-state index in [2.05, 4.69) is 24.4 Å². The number of hydrogen-bond acceptors (Lipinski definition) is 1. The van der Waals surface area contributed by atoms with Crippen LogP contribution >= 0.6 is 11.6 Å². The summed E-state index contributed by atoms with van der Waals surface area (Å²) in [5, 5.41) is 4.82. The van der Waals surface area contributed by atoms with E-state index in [0.29, 0.717) is 12.0 Å². The van der Waals surface area contributed by atoms with Crippen molar-refractivity contribution in [1.82, 2.24) is 5.32 Å². The van der Waals surface area contributed by atoms with Crippen LogP contribution in [-0.2, 0) is 0 Å². The van der Waals surface area contributed by atoms with Crippen LogP contribution < -0.4 is 5.32 Å². The summed E-state index contributed by atoms with van der Waals surface area (Å²) in [4.78, 5) is 0. The van der Waals surface area contributed by atoms with E-state index in [9.17, 15) is 0 Å². The van der Waals surface area contributed by atoms with Crippen LogP contribution in [0.5, 0.6) is 0 Å². The highest BCUT2D eigenvalue weighted by molar-refractivity contribution is 6.31. The number of nitrogens with one attached hydrogen (secondary N) is 1. The zero-order valence-corrected chi connectivity index (χ0v) is 12.5. The van der Waals surface area contributed by atoms with Crippen LogP contribution in [0, 0.1) is 5.92 Å². The fourth-order valence-electron chi connectivity index (χ4n) is 3.68. The number of rotatable bonds is 3. The molecular weight excluding hydrogens is 254 g/mol. The molecule has 0 heterocycles. The zero-order chi connectivity index (χ0) is 13.2. The van der Waals surface area contributed by atoms with Crippen LogP contribution in [0.15, 0.2) is 24.3 Å². The van der Waals surface area contributed by atoms with Crippen molar-refractivity contribution in [3.63, 3.8) is 0 Å². The molecule has 2 saturated carbocycles. The maximum absolute atomic E-state index is 6.27. The lowest BCUT2D eigenvalue weighted by Gasteiger charge is -2.41. The Bertz CT molecular complexity index is 425. The third-order valence-electron chi connectivity index (χ3n) is 5.04. The van der Waals surface area contributed by atoms with Gasteiger partial charge in [0.25, 0.3) is 0 Å². The molecule has 1 nitrogen and oxygen atoms in total. The quantitative estimate of drug-likeness (QED) is 0.840. The molecule has 1 aromatic rings. The molecule has 1 N–H and O–H groups in total. The van der Waals surface area contributed by atoms with Crippen LogP contribution in [0.3, 0.4) is 0 Å². The highest BCUT2D eigenvalue weighted by Crippen LogP contribution is 2.40. The molecule has 19 heavy (non-hydrogen) atoms. The Labute approximate surface area is 121 Å². The standard InChI is InChI=1S/C17H24ClN/c1-12-6-2-5-9-17(12)19-14-10-13(11-14)15-7-3-4-8-16(15)18/h3-4,7-8,12-14,17,19H,2,5-6,9-11H2,1H3. The van der Waals surface area contributed by atoms with Gasteiger partial charge in [-0.05, 0) is 49.1 Å². The van der Waals surface area contributed by atoms with E-state index in [4.69, 9.17) is 11.6 Å². The fraction of sp³-hybridized carbons (Fsp3) is 0.647. The van der Waals surface area contributed by atoms with Gasteiger partial charge in [0.1, 0.15) is 0 Å². The summed E-state index contributed by atoms with van der Waals surface area (Å²) in [5.41, 5.74) is 1.35. The lowest BCUT2D eigenvalue weighted by atomic mass is 9.74. The lowest BCUT2D eigenvalue weighted by Crippen LogP contribution is -2.48. The van der Waals surface area contributed by atoms with Crippen LogP contribution in [-0.4, -0.2) is 12.1 Å². The summed E-state index contributed by atoms with van der Waals surface area (Å²) >= 11 is 6.27. The van der Waals surface area contributed by atoms with Gasteiger partial charge in [0, 0.05) is 17.1 Å². The largest absolute Gasteiger partial charge is 0.311 e. The third-order valence-corrected chi connectivity index (χ3v) is 5.39. The Morgan fingerprint density at radius 1 is 1.11 bits per heavy atom. The van der Waals surface area contributed by atoms with Crippen LogP contribution in [0.2, 0.25) is 5.02 Å². The van der Waals surface area contributed by atoms with Crippen molar-refractivity contribution in [2.75, 3.05) is 0 Å². The molecule has 2 heteroatoms. The van der Waals surface area contributed by atoms with Gasteiger partial charge in [-0.1, -0.05) is 49.6 Å². The maximum atomic E-state index is 6.27. The molecule has 0 amide bonds. The van der Waals surface area contributed by atoms with Crippen molar-refractivity contribution in [3.05, 3.63) is 34.9 Å². The second-order valence-corrected chi connectivity index (χ2v) is 6.83. The summed E-state index contributed by atoms with van der Waals surface area (Å²) in [5.74, 6) is 1.53. The minimum atomic E-state index is 0.671. The first-order valence-corrected chi connectivity index (χ1v) is 8.12. The van der Waals surface area contributed by atoms with E-state index in [-0.39, 0.29) is 0 Å². The van der Waals surface area contributed by atoms with E-state index in [1.165, 1.54) is 44.1 Å². The minimum Gasteiger partial charge on any atom is -0.311 e. The Morgan fingerprint density at radius 3 is 2.58 bits per heavy atom. The summed E-state index contributed by atoms with van der Waals surface area (Å²) in [6.07, 6.45) is 8.11. The van der Waals surface area contributed by atoms with Gasteiger partial charge in [-0.2, -0.15) is 0 Å². The molecule has 2 aliphatic rings. The summed E-state index contributed by atoms with van der Waals surface area (Å²) in [6, 6.07) is 9.79. The molecule has 2 atom stereocenters. The van der Waals surface area contributed by atoms with E-state index in [1.54, 1.807) is 0 Å². The number of halogens is 1. The van der Waals surface area contributed by atoms with Crippen molar-refractivity contribution in [1.29, 1.82) is 0 Å². The molecular formula is C17H24ClN. The van der Waals surface area contributed by atoms with E-state index in [1.807, 2.05) is 12.1 Å². The van der Waals surface area contributed by atoms with E-state index < -0.39 is 0 Å². The average molecular weight is 278 g/mol. The predicted molar refractivity (Wildman–Crippen MR) is 81.8 cm³/mol. The molecule has 3 rings (SSSR count). The second kappa shape index (κ2) is 5.85. The topological polar surface area (TPSA) is 12.0 Å². The van der Waals surface area contributed by atoms with Gasteiger partial charge in [-0.15, -0.1) is 0 Å². The van der Waals surface area contributed by atoms with E-state index in [0.717, 1.165) is 17.0 Å². The normalized spacial score (nSPS) is 34.8. The van der Waals surface area contributed by atoms with Crippen molar-refractivity contribution >= 4 is 11.6 Å². The first-order chi connectivity index (χ1) is 9.24. The van der Waals surface area contributed by atoms with Crippen molar-refractivity contribution in [2.45, 2.75) is 63.5 Å². The first-order valence-electron chi connectivity index (χ1n) is 7.74. The Balaban J connectivity index is 1.51. The monoisotopic (exact) mass is 277 g/mol. The van der Waals surface area contributed by atoms with Gasteiger partial charge in [0.2, 0.25) is 0 Å².